The van der Waals surface area contributed by atoms with Gasteiger partial charge in [-0.2, -0.15) is 5.10 Å². The Labute approximate surface area is 130 Å². The van der Waals surface area contributed by atoms with E-state index in [2.05, 4.69) is 17.6 Å². The van der Waals surface area contributed by atoms with E-state index in [1.165, 1.54) is 0 Å². The first-order chi connectivity index (χ1) is 10.8. The quantitative estimate of drug-likeness (QED) is 0.784. The lowest BCUT2D eigenvalue weighted by Gasteiger charge is -2.04. The van der Waals surface area contributed by atoms with E-state index in [4.69, 9.17) is 9.84 Å². The van der Waals surface area contributed by atoms with Crippen LogP contribution in [0.3, 0.4) is 0 Å². The molecule has 0 bridgehead atoms. The highest BCUT2D eigenvalue weighted by molar-refractivity contribution is 5.65. The van der Waals surface area contributed by atoms with Gasteiger partial charge in [0.15, 0.2) is 0 Å². The SMILES string of the molecule is CNCc1cn(-c2ccccc2)nc1-c1cccc(OC)c1. The molecular weight excluding hydrogens is 274 g/mol. The Hall–Kier alpha value is -2.59. The summed E-state index contributed by atoms with van der Waals surface area (Å²) in [6.45, 7) is 0.763. The van der Waals surface area contributed by atoms with Gasteiger partial charge in [0, 0.05) is 23.9 Å². The predicted octanol–water partition coefficient (Wildman–Crippen LogP) is 3.27. The molecule has 0 amide bonds. The molecule has 2 aromatic carbocycles. The van der Waals surface area contributed by atoms with Gasteiger partial charge in [-0.25, -0.2) is 4.68 Å². The number of aromatic nitrogens is 2. The molecule has 0 radical (unpaired) electrons. The summed E-state index contributed by atoms with van der Waals surface area (Å²) in [6.07, 6.45) is 2.07. The molecule has 0 spiro atoms. The summed E-state index contributed by atoms with van der Waals surface area (Å²) in [6, 6.07) is 18.1. The van der Waals surface area contributed by atoms with Crippen molar-refractivity contribution in [1.29, 1.82) is 0 Å². The number of methoxy groups -OCH3 is 1. The van der Waals surface area contributed by atoms with Crippen LogP contribution in [0.5, 0.6) is 5.75 Å². The first-order valence-electron chi connectivity index (χ1n) is 7.25. The van der Waals surface area contributed by atoms with Crippen LogP contribution in [0.15, 0.2) is 60.8 Å². The van der Waals surface area contributed by atoms with Gasteiger partial charge < -0.3 is 10.1 Å². The standard InChI is InChI=1S/C18H19N3O/c1-19-12-15-13-21(16-8-4-3-5-9-16)20-18(15)14-7-6-10-17(11-14)22-2/h3-11,13,19H,12H2,1-2H3. The molecule has 4 nitrogen and oxygen atoms in total. The zero-order valence-electron chi connectivity index (χ0n) is 12.8. The van der Waals surface area contributed by atoms with Crippen molar-refractivity contribution in [1.82, 2.24) is 15.1 Å². The van der Waals surface area contributed by atoms with Crippen LogP contribution in [0, 0.1) is 0 Å². The van der Waals surface area contributed by atoms with Crippen LogP contribution in [-0.4, -0.2) is 23.9 Å². The highest BCUT2D eigenvalue weighted by Gasteiger charge is 2.12. The summed E-state index contributed by atoms with van der Waals surface area (Å²) in [5.74, 6) is 0.835. The number of ether oxygens (including phenoxy) is 1. The van der Waals surface area contributed by atoms with E-state index in [1.807, 2.05) is 60.3 Å². The lowest BCUT2D eigenvalue weighted by atomic mass is 10.1. The van der Waals surface area contributed by atoms with Crippen molar-refractivity contribution in [2.24, 2.45) is 0 Å². The predicted molar refractivity (Wildman–Crippen MR) is 88.3 cm³/mol. The molecule has 3 rings (SSSR count). The van der Waals surface area contributed by atoms with Crippen molar-refractivity contribution in [3.05, 3.63) is 66.4 Å². The molecule has 0 aliphatic rings. The molecule has 1 N–H and O–H groups in total. The van der Waals surface area contributed by atoms with Gasteiger partial charge in [-0.3, -0.25) is 0 Å². The lowest BCUT2D eigenvalue weighted by molar-refractivity contribution is 0.415. The zero-order valence-corrected chi connectivity index (χ0v) is 12.8. The molecular formula is C18H19N3O. The number of nitrogens with one attached hydrogen (secondary N) is 1. The summed E-state index contributed by atoms with van der Waals surface area (Å²) >= 11 is 0. The Balaban J connectivity index is 2.07. The highest BCUT2D eigenvalue weighted by atomic mass is 16.5. The fourth-order valence-corrected chi connectivity index (χ4v) is 2.46. The van der Waals surface area contributed by atoms with E-state index in [0.717, 1.165) is 34.8 Å². The Kier molecular flexibility index (Phi) is 4.21. The van der Waals surface area contributed by atoms with Crippen LogP contribution in [0.1, 0.15) is 5.56 Å². The first kappa shape index (κ1) is 14.4. The molecule has 0 saturated heterocycles. The Morgan fingerprint density at radius 1 is 1.09 bits per heavy atom. The number of hydrogen-bond acceptors (Lipinski definition) is 3. The molecule has 0 unspecified atom stereocenters. The van der Waals surface area contributed by atoms with Crippen LogP contribution in [0.2, 0.25) is 0 Å². The number of benzene rings is 2. The minimum absolute atomic E-state index is 0.763. The Morgan fingerprint density at radius 2 is 1.91 bits per heavy atom. The summed E-state index contributed by atoms with van der Waals surface area (Å²) in [7, 11) is 3.62. The normalized spacial score (nSPS) is 10.6. The summed E-state index contributed by atoms with van der Waals surface area (Å²) in [5, 5.41) is 7.97. The van der Waals surface area contributed by atoms with Gasteiger partial charge >= 0.3 is 0 Å². The van der Waals surface area contributed by atoms with Gasteiger partial charge in [-0.15, -0.1) is 0 Å². The van der Waals surface area contributed by atoms with Gasteiger partial charge in [0.1, 0.15) is 5.75 Å². The van der Waals surface area contributed by atoms with Crippen LogP contribution in [-0.2, 0) is 6.54 Å². The number of hydrogen-bond donors (Lipinski definition) is 1. The molecule has 0 saturated carbocycles. The van der Waals surface area contributed by atoms with E-state index in [1.54, 1.807) is 7.11 Å². The molecule has 0 aliphatic heterocycles. The summed E-state index contributed by atoms with van der Waals surface area (Å²) in [5.41, 5.74) is 4.23. The van der Waals surface area contributed by atoms with Crippen molar-refractivity contribution in [2.75, 3.05) is 14.2 Å². The molecule has 0 atom stereocenters. The van der Waals surface area contributed by atoms with Crippen LogP contribution in [0.4, 0.5) is 0 Å². The number of para-hydroxylation sites is 1. The second-order valence-electron chi connectivity index (χ2n) is 5.05. The molecule has 4 heteroatoms. The maximum atomic E-state index is 5.32. The molecule has 1 aromatic heterocycles. The third kappa shape index (κ3) is 2.87. The van der Waals surface area contributed by atoms with Gasteiger partial charge in [-0.1, -0.05) is 30.3 Å². The minimum atomic E-state index is 0.763. The third-order valence-corrected chi connectivity index (χ3v) is 3.52. The fourth-order valence-electron chi connectivity index (χ4n) is 2.46. The van der Waals surface area contributed by atoms with Crippen molar-refractivity contribution < 1.29 is 4.74 Å². The van der Waals surface area contributed by atoms with Gasteiger partial charge in [-0.05, 0) is 31.3 Å². The highest BCUT2D eigenvalue weighted by Crippen LogP contribution is 2.26. The second-order valence-corrected chi connectivity index (χ2v) is 5.05. The molecule has 1 heterocycles. The van der Waals surface area contributed by atoms with E-state index in [9.17, 15) is 0 Å². The average Bonchev–Trinajstić information content (AvgIpc) is 3.00. The van der Waals surface area contributed by atoms with Crippen LogP contribution >= 0.6 is 0 Å². The van der Waals surface area contributed by atoms with Gasteiger partial charge in [0.2, 0.25) is 0 Å². The molecule has 0 fully saturated rings. The average molecular weight is 293 g/mol. The maximum absolute atomic E-state index is 5.32. The first-order valence-corrected chi connectivity index (χ1v) is 7.25. The van der Waals surface area contributed by atoms with Crippen molar-refractivity contribution >= 4 is 0 Å². The van der Waals surface area contributed by atoms with Gasteiger partial charge in [0.25, 0.3) is 0 Å². The monoisotopic (exact) mass is 293 g/mol. The van der Waals surface area contributed by atoms with Crippen molar-refractivity contribution in [3.8, 4) is 22.7 Å². The van der Waals surface area contributed by atoms with E-state index >= 15 is 0 Å². The fraction of sp³-hybridized carbons (Fsp3) is 0.167. The molecule has 112 valence electrons. The summed E-state index contributed by atoms with van der Waals surface area (Å²) in [4.78, 5) is 0. The zero-order chi connectivity index (χ0) is 15.4. The maximum Gasteiger partial charge on any atom is 0.119 e. The van der Waals surface area contributed by atoms with E-state index in [-0.39, 0.29) is 0 Å². The van der Waals surface area contributed by atoms with Crippen molar-refractivity contribution in [2.45, 2.75) is 6.54 Å². The molecule has 22 heavy (non-hydrogen) atoms. The molecule has 0 aliphatic carbocycles. The Bertz CT molecular complexity index is 750. The van der Waals surface area contributed by atoms with E-state index in [0.29, 0.717) is 0 Å². The van der Waals surface area contributed by atoms with Crippen molar-refractivity contribution in [3.63, 3.8) is 0 Å². The topological polar surface area (TPSA) is 39.1 Å². The Morgan fingerprint density at radius 3 is 2.64 bits per heavy atom. The number of rotatable bonds is 5. The smallest absolute Gasteiger partial charge is 0.119 e. The second kappa shape index (κ2) is 6.45. The van der Waals surface area contributed by atoms with Gasteiger partial charge in [0.05, 0.1) is 18.5 Å². The van der Waals surface area contributed by atoms with Crippen LogP contribution < -0.4 is 10.1 Å². The molecule has 3 aromatic rings. The van der Waals surface area contributed by atoms with Crippen LogP contribution in [0.25, 0.3) is 16.9 Å². The summed E-state index contributed by atoms with van der Waals surface area (Å²) < 4.78 is 7.24. The lowest BCUT2D eigenvalue weighted by Crippen LogP contribution is -2.05. The number of nitrogens with zero attached hydrogens (tertiary/aromatic N) is 2. The largest absolute Gasteiger partial charge is 0.497 e. The van der Waals surface area contributed by atoms with E-state index < -0.39 is 0 Å². The minimum Gasteiger partial charge on any atom is -0.497 e. The third-order valence-electron chi connectivity index (χ3n) is 3.52.